The first-order valence-corrected chi connectivity index (χ1v) is 6.55. The summed E-state index contributed by atoms with van der Waals surface area (Å²) in [5.74, 6) is 1.52. The first-order chi connectivity index (χ1) is 8.08. The van der Waals surface area contributed by atoms with Crippen molar-refractivity contribution in [3.05, 3.63) is 29.3 Å². The zero-order valence-corrected chi connectivity index (χ0v) is 11.5. The number of nitrogens with two attached hydrogens (primary N) is 1. The van der Waals surface area contributed by atoms with Crippen molar-refractivity contribution in [1.29, 1.82) is 0 Å². The third kappa shape index (κ3) is 4.04. The van der Waals surface area contributed by atoms with E-state index in [2.05, 4.69) is 45.9 Å². The van der Waals surface area contributed by atoms with E-state index in [4.69, 9.17) is 10.5 Å². The molecule has 1 unspecified atom stereocenters. The molecule has 0 radical (unpaired) electrons. The third-order valence-corrected chi connectivity index (χ3v) is 3.03. The van der Waals surface area contributed by atoms with Crippen molar-refractivity contribution in [2.75, 3.05) is 6.54 Å². The van der Waals surface area contributed by atoms with E-state index in [1.54, 1.807) is 0 Å². The fraction of sp³-hybridized carbons (Fsp3) is 0.600. The van der Waals surface area contributed by atoms with Crippen molar-refractivity contribution < 1.29 is 4.74 Å². The standard InChI is InChI=1S/C15H25NO/c1-5-13(8-9-16)17-15-10-12(4)6-7-14(15)11(2)3/h6-7,10-11,13H,5,8-9,16H2,1-4H3. The minimum absolute atomic E-state index is 0.235. The van der Waals surface area contributed by atoms with E-state index >= 15 is 0 Å². The van der Waals surface area contributed by atoms with Gasteiger partial charge in [-0.2, -0.15) is 0 Å². The Labute approximate surface area is 105 Å². The van der Waals surface area contributed by atoms with Crippen LogP contribution in [0.4, 0.5) is 0 Å². The van der Waals surface area contributed by atoms with Crippen molar-refractivity contribution in [3.8, 4) is 5.75 Å². The summed E-state index contributed by atoms with van der Waals surface area (Å²) >= 11 is 0. The molecule has 2 nitrogen and oxygen atoms in total. The summed E-state index contributed by atoms with van der Waals surface area (Å²) in [6.07, 6.45) is 2.16. The molecule has 0 fully saturated rings. The van der Waals surface area contributed by atoms with Crippen LogP contribution < -0.4 is 10.5 Å². The highest BCUT2D eigenvalue weighted by Gasteiger charge is 2.12. The summed E-state index contributed by atoms with van der Waals surface area (Å²) in [4.78, 5) is 0. The molecule has 0 aliphatic rings. The Morgan fingerprint density at radius 3 is 2.53 bits per heavy atom. The topological polar surface area (TPSA) is 35.2 Å². The molecule has 1 rings (SSSR count). The monoisotopic (exact) mass is 235 g/mol. The summed E-state index contributed by atoms with van der Waals surface area (Å²) in [6.45, 7) is 9.32. The Morgan fingerprint density at radius 2 is 2.00 bits per heavy atom. The molecule has 96 valence electrons. The van der Waals surface area contributed by atoms with Gasteiger partial charge in [-0.25, -0.2) is 0 Å². The lowest BCUT2D eigenvalue weighted by Gasteiger charge is -2.21. The molecule has 0 heterocycles. The van der Waals surface area contributed by atoms with Crippen LogP contribution in [0.1, 0.15) is 50.7 Å². The van der Waals surface area contributed by atoms with Crippen LogP contribution in [-0.2, 0) is 0 Å². The van der Waals surface area contributed by atoms with Gasteiger partial charge in [0.2, 0.25) is 0 Å². The van der Waals surface area contributed by atoms with Gasteiger partial charge in [-0.15, -0.1) is 0 Å². The average Bonchev–Trinajstić information content (AvgIpc) is 2.28. The number of hydrogen-bond donors (Lipinski definition) is 1. The van der Waals surface area contributed by atoms with Gasteiger partial charge in [0.25, 0.3) is 0 Å². The van der Waals surface area contributed by atoms with Gasteiger partial charge in [-0.3, -0.25) is 0 Å². The molecule has 1 aromatic rings. The summed E-state index contributed by atoms with van der Waals surface area (Å²) in [5, 5.41) is 0. The zero-order chi connectivity index (χ0) is 12.8. The van der Waals surface area contributed by atoms with Gasteiger partial charge >= 0.3 is 0 Å². The second-order valence-electron chi connectivity index (χ2n) is 4.92. The van der Waals surface area contributed by atoms with E-state index in [1.807, 2.05) is 0 Å². The number of ether oxygens (including phenoxy) is 1. The minimum Gasteiger partial charge on any atom is -0.490 e. The van der Waals surface area contributed by atoms with E-state index in [0.29, 0.717) is 12.5 Å². The molecule has 0 saturated heterocycles. The normalized spacial score (nSPS) is 12.8. The number of rotatable bonds is 6. The molecule has 1 atom stereocenters. The van der Waals surface area contributed by atoms with Crippen LogP contribution >= 0.6 is 0 Å². The van der Waals surface area contributed by atoms with Crippen LogP contribution in [0.2, 0.25) is 0 Å². The van der Waals surface area contributed by atoms with Gasteiger partial charge in [-0.05, 0) is 49.4 Å². The second-order valence-corrected chi connectivity index (χ2v) is 4.92. The van der Waals surface area contributed by atoms with Gasteiger partial charge in [0.1, 0.15) is 5.75 Å². The van der Waals surface area contributed by atoms with Gasteiger partial charge in [0.15, 0.2) is 0 Å². The van der Waals surface area contributed by atoms with Gasteiger partial charge < -0.3 is 10.5 Å². The Bertz CT molecular complexity index is 347. The maximum Gasteiger partial charge on any atom is 0.123 e. The van der Waals surface area contributed by atoms with Gasteiger partial charge in [0, 0.05) is 0 Å². The molecule has 0 aromatic heterocycles. The molecule has 1 aromatic carbocycles. The first-order valence-electron chi connectivity index (χ1n) is 6.55. The summed E-state index contributed by atoms with van der Waals surface area (Å²) < 4.78 is 6.10. The fourth-order valence-electron chi connectivity index (χ4n) is 1.93. The first kappa shape index (κ1) is 14.0. The highest BCUT2D eigenvalue weighted by molar-refractivity contribution is 5.39. The zero-order valence-electron chi connectivity index (χ0n) is 11.5. The molecule has 0 saturated carbocycles. The average molecular weight is 235 g/mol. The molecular weight excluding hydrogens is 210 g/mol. The highest BCUT2D eigenvalue weighted by Crippen LogP contribution is 2.29. The van der Waals surface area contributed by atoms with Crippen LogP contribution in [0.5, 0.6) is 5.75 Å². The Balaban J connectivity index is 2.90. The molecule has 0 aliphatic carbocycles. The highest BCUT2D eigenvalue weighted by atomic mass is 16.5. The summed E-state index contributed by atoms with van der Waals surface area (Å²) in [7, 11) is 0. The maximum absolute atomic E-state index is 6.10. The number of aryl methyl sites for hydroxylation is 1. The summed E-state index contributed by atoms with van der Waals surface area (Å²) in [6, 6.07) is 6.45. The van der Waals surface area contributed by atoms with Crippen LogP contribution in [0, 0.1) is 6.92 Å². The van der Waals surface area contributed by atoms with E-state index in [0.717, 1.165) is 18.6 Å². The number of benzene rings is 1. The summed E-state index contributed by atoms with van der Waals surface area (Å²) in [5.41, 5.74) is 8.13. The quantitative estimate of drug-likeness (QED) is 0.817. The van der Waals surface area contributed by atoms with Crippen molar-refractivity contribution in [2.24, 2.45) is 5.73 Å². The van der Waals surface area contributed by atoms with Crippen LogP contribution in [0.3, 0.4) is 0 Å². The van der Waals surface area contributed by atoms with E-state index in [9.17, 15) is 0 Å². The minimum atomic E-state index is 0.235. The maximum atomic E-state index is 6.10. The van der Waals surface area contributed by atoms with E-state index < -0.39 is 0 Å². The van der Waals surface area contributed by atoms with Crippen molar-refractivity contribution >= 4 is 0 Å². The lowest BCUT2D eigenvalue weighted by molar-refractivity contribution is 0.187. The van der Waals surface area contributed by atoms with Crippen LogP contribution in [0.25, 0.3) is 0 Å². The van der Waals surface area contributed by atoms with Gasteiger partial charge in [0.05, 0.1) is 6.10 Å². The molecule has 2 heteroatoms. The largest absolute Gasteiger partial charge is 0.490 e. The van der Waals surface area contributed by atoms with Crippen molar-refractivity contribution in [1.82, 2.24) is 0 Å². The van der Waals surface area contributed by atoms with Crippen LogP contribution in [0.15, 0.2) is 18.2 Å². The molecule has 0 aliphatic heterocycles. The number of hydrogen-bond acceptors (Lipinski definition) is 2. The molecule has 0 amide bonds. The predicted octanol–water partition coefficient (Wildman–Crippen LogP) is 3.62. The molecule has 17 heavy (non-hydrogen) atoms. The predicted molar refractivity (Wildman–Crippen MR) is 73.6 cm³/mol. The smallest absolute Gasteiger partial charge is 0.123 e. The lowest BCUT2D eigenvalue weighted by atomic mass is 10.0. The molecule has 0 bridgehead atoms. The SMILES string of the molecule is CCC(CCN)Oc1cc(C)ccc1C(C)C. The van der Waals surface area contributed by atoms with E-state index in [-0.39, 0.29) is 6.10 Å². The van der Waals surface area contributed by atoms with Crippen LogP contribution in [-0.4, -0.2) is 12.6 Å². The van der Waals surface area contributed by atoms with Crippen molar-refractivity contribution in [3.63, 3.8) is 0 Å². The fourth-order valence-corrected chi connectivity index (χ4v) is 1.93. The van der Waals surface area contributed by atoms with E-state index in [1.165, 1.54) is 11.1 Å². The van der Waals surface area contributed by atoms with Crippen molar-refractivity contribution in [2.45, 2.75) is 52.6 Å². The lowest BCUT2D eigenvalue weighted by Crippen LogP contribution is -2.20. The molecule has 0 spiro atoms. The third-order valence-electron chi connectivity index (χ3n) is 3.03. The Morgan fingerprint density at radius 1 is 1.29 bits per heavy atom. The Hall–Kier alpha value is -1.02. The molecule has 2 N–H and O–H groups in total. The second kappa shape index (κ2) is 6.65. The Kier molecular flexibility index (Phi) is 5.49. The van der Waals surface area contributed by atoms with Gasteiger partial charge in [-0.1, -0.05) is 32.9 Å². The molecular formula is C15H25NO.